The minimum absolute atomic E-state index is 0.0685. The number of methoxy groups -OCH3 is 1. The van der Waals surface area contributed by atoms with Gasteiger partial charge in [0.05, 0.1) is 35.0 Å². The van der Waals surface area contributed by atoms with E-state index in [2.05, 4.69) is 51.6 Å². The van der Waals surface area contributed by atoms with E-state index in [9.17, 15) is 18.0 Å². The first kappa shape index (κ1) is 22.6. The number of amides is 1. The highest BCUT2D eigenvalue weighted by Gasteiger charge is 2.45. The van der Waals surface area contributed by atoms with Gasteiger partial charge in [-0.3, -0.25) is 10.3 Å². The van der Waals surface area contributed by atoms with Crippen LogP contribution in [0, 0.1) is 5.92 Å². The number of carbonyl (C=O) groups is 1. The average molecular weight is 515 g/mol. The number of anilines is 1. The fourth-order valence-electron chi connectivity index (χ4n) is 3.87. The Balaban J connectivity index is 1.71. The Hall–Kier alpha value is -2.60. The molecule has 12 heteroatoms. The molecule has 2 aromatic rings. The van der Waals surface area contributed by atoms with E-state index >= 15 is 0 Å². The lowest BCUT2D eigenvalue weighted by atomic mass is 9.94. The third kappa shape index (κ3) is 4.60. The van der Waals surface area contributed by atoms with Crippen molar-refractivity contribution in [1.82, 2.24) is 15.6 Å². The van der Waals surface area contributed by atoms with Gasteiger partial charge in [0.1, 0.15) is 5.92 Å². The lowest BCUT2D eigenvalue weighted by Gasteiger charge is -2.28. The Morgan fingerprint density at radius 2 is 2.16 bits per heavy atom. The van der Waals surface area contributed by atoms with Crippen molar-refractivity contribution in [2.45, 2.75) is 25.1 Å². The summed E-state index contributed by atoms with van der Waals surface area (Å²) in [5.41, 5.74) is 1.20. The van der Waals surface area contributed by atoms with Gasteiger partial charge in [-0.05, 0) is 41.4 Å². The van der Waals surface area contributed by atoms with E-state index in [0.717, 1.165) is 19.4 Å². The highest BCUT2D eigenvalue weighted by atomic mass is 79.9. The molecule has 1 aromatic heterocycles. The molecule has 3 heterocycles. The largest absolute Gasteiger partial charge is 0.453 e. The summed E-state index contributed by atoms with van der Waals surface area (Å²) in [5.74, 6) is -1.60. The highest BCUT2D eigenvalue weighted by molar-refractivity contribution is 9.10. The van der Waals surface area contributed by atoms with Gasteiger partial charge in [0.25, 0.3) is 0 Å². The van der Waals surface area contributed by atoms with Gasteiger partial charge in [-0.25, -0.2) is 9.79 Å². The van der Waals surface area contributed by atoms with Crippen molar-refractivity contribution in [2.75, 3.05) is 32.1 Å². The lowest BCUT2D eigenvalue weighted by Crippen LogP contribution is -2.47. The van der Waals surface area contributed by atoms with Crippen LogP contribution in [-0.4, -0.2) is 61.7 Å². The summed E-state index contributed by atoms with van der Waals surface area (Å²) in [4.78, 5) is 22.9. The van der Waals surface area contributed by atoms with Crippen LogP contribution in [0.1, 0.15) is 18.4 Å². The van der Waals surface area contributed by atoms with Crippen LogP contribution in [0.4, 0.5) is 23.7 Å². The Labute approximate surface area is 190 Å². The van der Waals surface area contributed by atoms with Crippen molar-refractivity contribution in [3.8, 4) is 0 Å². The summed E-state index contributed by atoms with van der Waals surface area (Å²) >= 11 is 3.40. The second-order valence-electron chi connectivity index (χ2n) is 7.61. The number of H-pyrrole nitrogens is 1. The number of halogens is 4. The topological polar surface area (TPSA) is 103 Å². The van der Waals surface area contributed by atoms with Crippen molar-refractivity contribution in [3.63, 3.8) is 0 Å². The zero-order valence-corrected chi connectivity index (χ0v) is 18.7. The molecule has 0 spiro atoms. The number of nitrogens with one attached hydrogen (secondary N) is 4. The number of benzene rings is 1. The maximum Gasteiger partial charge on any atom is 0.411 e. The van der Waals surface area contributed by atoms with Crippen LogP contribution in [0.3, 0.4) is 0 Å². The molecule has 2 aliphatic heterocycles. The third-order valence-electron chi connectivity index (χ3n) is 5.50. The predicted molar refractivity (Wildman–Crippen MR) is 119 cm³/mol. The number of guanidine groups is 1. The Morgan fingerprint density at radius 3 is 2.84 bits per heavy atom. The van der Waals surface area contributed by atoms with Crippen LogP contribution >= 0.6 is 15.9 Å². The second kappa shape index (κ2) is 9.10. The summed E-state index contributed by atoms with van der Waals surface area (Å²) in [6.45, 7) is 1.20. The van der Waals surface area contributed by atoms with E-state index in [1.165, 1.54) is 13.3 Å². The minimum Gasteiger partial charge on any atom is -0.453 e. The van der Waals surface area contributed by atoms with E-state index in [1.807, 2.05) is 0 Å². The van der Waals surface area contributed by atoms with E-state index < -0.39 is 24.7 Å². The number of hydrogen-bond acceptors (Lipinski definition) is 6. The first-order valence-electron chi connectivity index (χ1n) is 10.1. The minimum atomic E-state index is -4.49. The Kier molecular flexibility index (Phi) is 6.42. The number of hydrogen-bond donors (Lipinski definition) is 4. The summed E-state index contributed by atoms with van der Waals surface area (Å²) in [7, 11) is 1.24. The van der Waals surface area contributed by atoms with Crippen molar-refractivity contribution >= 4 is 50.3 Å². The van der Waals surface area contributed by atoms with Crippen LogP contribution in [0.5, 0.6) is 0 Å². The molecule has 1 unspecified atom stereocenters. The summed E-state index contributed by atoms with van der Waals surface area (Å²) in [5, 5.41) is 9.52. The van der Waals surface area contributed by atoms with Crippen LogP contribution in [-0.2, 0) is 4.74 Å². The molecule has 1 fully saturated rings. The maximum atomic E-state index is 13.8. The van der Waals surface area contributed by atoms with Crippen LogP contribution in [0.25, 0.3) is 10.9 Å². The van der Waals surface area contributed by atoms with Gasteiger partial charge in [-0.1, -0.05) is 6.07 Å². The highest BCUT2D eigenvalue weighted by Crippen LogP contribution is 2.37. The van der Waals surface area contributed by atoms with Gasteiger partial charge >= 0.3 is 12.3 Å². The molecule has 4 rings (SSSR count). The zero-order valence-electron chi connectivity index (χ0n) is 17.1. The quantitative estimate of drug-likeness (QED) is 0.500. The molecule has 172 valence electrons. The standard InChI is InChI=1S/C20H22BrF3N6O2/c1-32-19(31)29-14-5-4-11-12(8-26-17(11)15(14)21)16-13(20(22,23)24)9-27-18(30-16)28-10-3-2-6-25-7-10/h4-5,8,10,13,25-26H,2-3,6-7,9H2,1H3,(H,27,28)(H,29,31)/t10-,13?/m0/s1. The molecule has 1 aromatic carbocycles. The predicted octanol–water partition coefficient (Wildman–Crippen LogP) is 3.79. The maximum absolute atomic E-state index is 13.8. The molecule has 2 aliphatic rings. The van der Waals surface area contributed by atoms with Gasteiger partial charge in [0.2, 0.25) is 5.96 Å². The van der Waals surface area contributed by atoms with Crippen LogP contribution < -0.4 is 16.0 Å². The van der Waals surface area contributed by atoms with E-state index in [4.69, 9.17) is 0 Å². The molecule has 1 amide bonds. The Bertz CT molecular complexity index is 1080. The summed E-state index contributed by atoms with van der Waals surface area (Å²) < 4.78 is 46.6. The van der Waals surface area contributed by atoms with Crippen molar-refractivity contribution < 1.29 is 22.7 Å². The molecular formula is C20H22BrF3N6O2. The van der Waals surface area contributed by atoms with Crippen molar-refractivity contribution in [1.29, 1.82) is 0 Å². The monoisotopic (exact) mass is 514 g/mol. The number of aromatic amines is 1. The van der Waals surface area contributed by atoms with Crippen molar-refractivity contribution in [2.24, 2.45) is 15.9 Å². The van der Waals surface area contributed by atoms with E-state index in [0.29, 0.717) is 33.2 Å². The van der Waals surface area contributed by atoms with Crippen LogP contribution in [0.15, 0.2) is 32.8 Å². The van der Waals surface area contributed by atoms with Gasteiger partial charge in [-0.15, -0.1) is 0 Å². The molecule has 0 radical (unpaired) electrons. The number of aromatic nitrogens is 1. The van der Waals surface area contributed by atoms with Gasteiger partial charge < -0.3 is 20.4 Å². The zero-order chi connectivity index (χ0) is 22.9. The number of rotatable bonds is 3. The Morgan fingerprint density at radius 1 is 1.34 bits per heavy atom. The molecule has 0 saturated carbocycles. The molecule has 1 saturated heterocycles. The number of nitrogens with zero attached hydrogens (tertiary/aromatic N) is 2. The molecule has 8 nitrogen and oxygen atoms in total. The van der Waals surface area contributed by atoms with Crippen molar-refractivity contribution in [3.05, 3.63) is 28.4 Å². The smallest absolute Gasteiger partial charge is 0.411 e. The molecule has 0 aliphatic carbocycles. The molecule has 0 bridgehead atoms. The van der Waals surface area contributed by atoms with Crippen LogP contribution in [0.2, 0.25) is 0 Å². The number of carbonyl (C=O) groups excluding carboxylic acids is 1. The lowest BCUT2D eigenvalue weighted by molar-refractivity contribution is -0.152. The number of ether oxygens (including phenoxy) is 1. The number of alkyl halides is 3. The number of aliphatic imine (C=N–C) groups is 2. The number of piperidine rings is 1. The van der Waals surface area contributed by atoms with Gasteiger partial charge in [0, 0.05) is 29.7 Å². The second-order valence-corrected chi connectivity index (χ2v) is 8.40. The molecular weight excluding hydrogens is 493 g/mol. The molecule has 32 heavy (non-hydrogen) atoms. The number of fused-ring (bicyclic) bond motifs is 1. The average Bonchev–Trinajstić information content (AvgIpc) is 3.20. The fourth-order valence-corrected chi connectivity index (χ4v) is 4.43. The van der Waals surface area contributed by atoms with Gasteiger partial charge in [-0.2, -0.15) is 13.2 Å². The van der Waals surface area contributed by atoms with E-state index in [-0.39, 0.29) is 17.7 Å². The fraction of sp³-hybridized carbons (Fsp3) is 0.450. The molecule has 4 N–H and O–H groups in total. The first-order chi connectivity index (χ1) is 15.3. The molecule has 2 atom stereocenters. The normalized spacial score (nSPS) is 21.7. The SMILES string of the molecule is COC(=O)Nc1ccc2c(C3=NC(N[C@H]4CCCNC4)=NCC3C(F)(F)F)c[nH]c2c1Br. The third-order valence-corrected chi connectivity index (χ3v) is 6.32. The van der Waals surface area contributed by atoms with Gasteiger partial charge in [0.15, 0.2) is 0 Å². The summed E-state index contributed by atoms with van der Waals surface area (Å²) in [6.07, 6.45) is -1.77. The first-order valence-corrected chi connectivity index (χ1v) is 10.9. The van der Waals surface area contributed by atoms with E-state index in [1.54, 1.807) is 12.1 Å². The summed E-state index contributed by atoms with van der Waals surface area (Å²) in [6, 6.07) is 3.30.